The number of nitrogens with zero attached hydrogens (tertiary/aromatic N) is 3. The molecular weight excluding hydrogens is 292 g/mol. The summed E-state index contributed by atoms with van der Waals surface area (Å²) in [6, 6.07) is 11.9. The fourth-order valence-electron chi connectivity index (χ4n) is 2.59. The zero-order valence-electron chi connectivity index (χ0n) is 13.5. The van der Waals surface area contributed by atoms with Gasteiger partial charge in [0.15, 0.2) is 5.56 Å². The molecule has 6 nitrogen and oxygen atoms in total. The van der Waals surface area contributed by atoms with Gasteiger partial charge in [0.05, 0.1) is 0 Å². The number of hydrogen-bond donors (Lipinski definition) is 1. The molecule has 0 aliphatic carbocycles. The van der Waals surface area contributed by atoms with E-state index in [4.69, 9.17) is 0 Å². The molecule has 0 radical (unpaired) electrons. The first-order valence-corrected chi connectivity index (χ1v) is 7.50. The second-order valence-corrected chi connectivity index (χ2v) is 5.44. The minimum atomic E-state index is -0.578. The van der Waals surface area contributed by atoms with Crippen molar-refractivity contribution >= 4 is 5.82 Å². The second kappa shape index (κ2) is 6.97. The van der Waals surface area contributed by atoms with Crippen LogP contribution in [0.5, 0.6) is 0 Å². The molecule has 1 aromatic heterocycles. The van der Waals surface area contributed by atoms with E-state index < -0.39 is 11.2 Å². The number of nitrogens with one attached hydrogen (secondary N) is 1. The summed E-state index contributed by atoms with van der Waals surface area (Å²) >= 11 is 0. The van der Waals surface area contributed by atoms with E-state index in [1.807, 2.05) is 36.4 Å². The summed E-state index contributed by atoms with van der Waals surface area (Å²) in [5.41, 5.74) is 0.0995. The van der Waals surface area contributed by atoms with Crippen molar-refractivity contribution in [3.8, 4) is 6.07 Å². The van der Waals surface area contributed by atoms with Crippen molar-refractivity contribution in [1.29, 1.82) is 5.26 Å². The van der Waals surface area contributed by atoms with Gasteiger partial charge in [0.25, 0.3) is 5.56 Å². The lowest BCUT2D eigenvalue weighted by Crippen LogP contribution is -2.40. The van der Waals surface area contributed by atoms with E-state index in [0.29, 0.717) is 6.54 Å². The largest absolute Gasteiger partial charge is 0.369 e. The molecule has 0 fully saturated rings. The lowest BCUT2D eigenvalue weighted by atomic mass is 9.96. The van der Waals surface area contributed by atoms with Crippen LogP contribution in [0.15, 0.2) is 39.9 Å². The van der Waals surface area contributed by atoms with Crippen molar-refractivity contribution in [1.82, 2.24) is 9.13 Å². The van der Waals surface area contributed by atoms with Gasteiger partial charge < -0.3 is 5.32 Å². The van der Waals surface area contributed by atoms with Crippen LogP contribution in [0.2, 0.25) is 0 Å². The van der Waals surface area contributed by atoms with E-state index in [0.717, 1.165) is 11.0 Å². The van der Waals surface area contributed by atoms with E-state index >= 15 is 0 Å². The highest BCUT2D eigenvalue weighted by Crippen LogP contribution is 2.20. The Bertz CT molecular complexity index is 844. The molecule has 0 aliphatic rings. The van der Waals surface area contributed by atoms with Gasteiger partial charge >= 0.3 is 5.69 Å². The molecule has 0 amide bonds. The van der Waals surface area contributed by atoms with Crippen LogP contribution in [-0.2, 0) is 14.1 Å². The van der Waals surface area contributed by atoms with Crippen LogP contribution in [0, 0.1) is 11.3 Å². The Morgan fingerprint density at radius 1 is 1.17 bits per heavy atom. The van der Waals surface area contributed by atoms with Gasteiger partial charge in [0.2, 0.25) is 0 Å². The second-order valence-electron chi connectivity index (χ2n) is 5.44. The van der Waals surface area contributed by atoms with Crippen molar-refractivity contribution < 1.29 is 0 Å². The summed E-state index contributed by atoms with van der Waals surface area (Å²) in [6.45, 7) is 2.61. The third-order valence-electron chi connectivity index (χ3n) is 4.06. The maximum Gasteiger partial charge on any atom is 0.332 e. The first kappa shape index (κ1) is 16.6. The minimum absolute atomic E-state index is 0.0440. The SMILES string of the molecule is CC[C@@H](CNc1c(C#N)c(=O)n(C)c(=O)n1C)c1ccccc1. The summed E-state index contributed by atoms with van der Waals surface area (Å²) in [5.74, 6) is 0.497. The zero-order chi connectivity index (χ0) is 17.0. The predicted molar refractivity (Wildman–Crippen MR) is 89.6 cm³/mol. The van der Waals surface area contributed by atoms with Crippen LogP contribution < -0.4 is 16.6 Å². The van der Waals surface area contributed by atoms with E-state index in [1.54, 1.807) is 7.05 Å². The normalized spacial score (nSPS) is 11.7. The average Bonchev–Trinajstić information content (AvgIpc) is 2.59. The van der Waals surface area contributed by atoms with E-state index in [1.165, 1.54) is 17.2 Å². The summed E-state index contributed by atoms with van der Waals surface area (Å²) in [6.07, 6.45) is 0.900. The van der Waals surface area contributed by atoms with Crippen LogP contribution in [0.1, 0.15) is 30.4 Å². The van der Waals surface area contributed by atoms with Gasteiger partial charge in [-0.3, -0.25) is 13.9 Å². The molecule has 1 atom stereocenters. The quantitative estimate of drug-likeness (QED) is 0.908. The molecule has 0 unspecified atom stereocenters. The Hall–Kier alpha value is -2.81. The van der Waals surface area contributed by atoms with Crippen molar-refractivity contribution in [2.75, 3.05) is 11.9 Å². The zero-order valence-corrected chi connectivity index (χ0v) is 13.5. The molecule has 0 saturated carbocycles. The predicted octanol–water partition coefficient (Wildman–Crippen LogP) is 1.56. The van der Waals surface area contributed by atoms with Crippen molar-refractivity contribution in [2.24, 2.45) is 14.1 Å². The standard InChI is InChI=1S/C17H20N4O2/c1-4-12(13-8-6-5-7-9-13)11-19-15-14(10-18)16(22)21(3)17(23)20(15)2/h5-9,12,19H,4,11H2,1-3H3/t12-/m0/s1. The highest BCUT2D eigenvalue weighted by atomic mass is 16.2. The monoisotopic (exact) mass is 312 g/mol. The molecule has 1 N–H and O–H groups in total. The van der Waals surface area contributed by atoms with Gasteiger partial charge in [-0.15, -0.1) is 0 Å². The molecule has 2 rings (SSSR count). The number of benzene rings is 1. The topological polar surface area (TPSA) is 79.8 Å². The first-order chi connectivity index (χ1) is 11.0. The Morgan fingerprint density at radius 2 is 1.83 bits per heavy atom. The summed E-state index contributed by atoms with van der Waals surface area (Å²) in [5, 5.41) is 12.4. The fourth-order valence-corrected chi connectivity index (χ4v) is 2.59. The van der Waals surface area contributed by atoms with Gasteiger partial charge in [-0.1, -0.05) is 37.3 Å². The summed E-state index contributed by atoms with van der Waals surface area (Å²) in [7, 11) is 2.92. The van der Waals surface area contributed by atoms with Crippen LogP contribution in [0.25, 0.3) is 0 Å². The Labute approximate surface area is 134 Å². The number of rotatable bonds is 5. The average molecular weight is 312 g/mol. The van der Waals surface area contributed by atoms with Gasteiger partial charge in [-0.2, -0.15) is 5.26 Å². The Morgan fingerprint density at radius 3 is 2.39 bits per heavy atom. The van der Waals surface area contributed by atoms with E-state index in [2.05, 4.69) is 12.2 Å². The van der Waals surface area contributed by atoms with Crippen molar-refractivity contribution in [3.63, 3.8) is 0 Å². The first-order valence-electron chi connectivity index (χ1n) is 7.50. The van der Waals surface area contributed by atoms with Crippen LogP contribution in [0.3, 0.4) is 0 Å². The molecule has 120 valence electrons. The number of hydrogen-bond acceptors (Lipinski definition) is 4. The van der Waals surface area contributed by atoms with Crippen LogP contribution in [-0.4, -0.2) is 15.7 Å². The molecule has 0 aliphatic heterocycles. The van der Waals surface area contributed by atoms with Crippen molar-refractivity contribution in [3.05, 3.63) is 62.3 Å². The molecule has 6 heteroatoms. The fraction of sp³-hybridized carbons (Fsp3) is 0.353. The highest BCUT2D eigenvalue weighted by molar-refractivity contribution is 5.51. The van der Waals surface area contributed by atoms with E-state index in [-0.39, 0.29) is 17.3 Å². The maximum atomic E-state index is 12.1. The van der Waals surface area contributed by atoms with Crippen LogP contribution in [0.4, 0.5) is 5.82 Å². The van der Waals surface area contributed by atoms with Crippen molar-refractivity contribution in [2.45, 2.75) is 19.3 Å². The van der Waals surface area contributed by atoms with Gasteiger partial charge in [0, 0.05) is 26.6 Å². The third-order valence-corrected chi connectivity index (χ3v) is 4.06. The third kappa shape index (κ3) is 3.19. The number of aromatic nitrogens is 2. The van der Waals surface area contributed by atoms with Gasteiger partial charge in [-0.25, -0.2) is 4.79 Å². The molecular formula is C17H20N4O2. The van der Waals surface area contributed by atoms with Gasteiger partial charge in [0.1, 0.15) is 11.9 Å². The molecule has 1 aromatic carbocycles. The summed E-state index contributed by atoms with van der Waals surface area (Å²) in [4.78, 5) is 24.1. The minimum Gasteiger partial charge on any atom is -0.369 e. The Balaban J connectivity index is 2.36. The lowest BCUT2D eigenvalue weighted by molar-refractivity contribution is 0.663. The lowest BCUT2D eigenvalue weighted by Gasteiger charge is -2.19. The number of anilines is 1. The number of nitriles is 1. The van der Waals surface area contributed by atoms with Gasteiger partial charge in [-0.05, 0) is 12.0 Å². The van der Waals surface area contributed by atoms with Crippen LogP contribution >= 0.6 is 0 Å². The molecule has 0 saturated heterocycles. The molecule has 1 heterocycles. The highest BCUT2D eigenvalue weighted by Gasteiger charge is 2.17. The molecule has 0 bridgehead atoms. The maximum absolute atomic E-state index is 12.1. The molecule has 0 spiro atoms. The summed E-state index contributed by atoms with van der Waals surface area (Å²) < 4.78 is 2.25. The Kier molecular flexibility index (Phi) is 5.02. The molecule has 2 aromatic rings. The smallest absolute Gasteiger partial charge is 0.332 e. The molecule has 23 heavy (non-hydrogen) atoms. The van der Waals surface area contributed by atoms with E-state index in [9.17, 15) is 14.9 Å².